The summed E-state index contributed by atoms with van der Waals surface area (Å²) < 4.78 is 29.7. The molecule has 1 aliphatic heterocycles. The molecule has 0 radical (unpaired) electrons. The predicted molar refractivity (Wildman–Crippen MR) is 108 cm³/mol. The van der Waals surface area contributed by atoms with Crippen molar-refractivity contribution < 1.29 is 13.2 Å². The Morgan fingerprint density at radius 3 is 2.71 bits per heavy atom. The van der Waals surface area contributed by atoms with Gasteiger partial charge in [-0.2, -0.15) is 4.31 Å². The molecule has 0 aliphatic carbocycles. The van der Waals surface area contributed by atoms with Crippen molar-refractivity contribution in [1.29, 1.82) is 0 Å². The van der Waals surface area contributed by atoms with Crippen LogP contribution in [0.5, 0.6) is 0 Å². The summed E-state index contributed by atoms with van der Waals surface area (Å²) in [7, 11) is -3.49. The Balaban J connectivity index is 1.34. The molecular formula is C17H18BrN5O3S2. The summed E-state index contributed by atoms with van der Waals surface area (Å²) in [5.74, 6) is 0.372. The second-order valence-corrected chi connectivity index (χ2v) is 11.1. The first-order chi connectivity index (χ1) is 13.4. The van der Waals surface area contributed by atoms with Gasteiger partial charge in [-0.1, -0.05) is 6.07 Å². The van der Waals surface area contributed by atoms with Gasteiger partial charge in [0.1, 0.15) is 4.21 Å². The van der Waals surface area contributed by atoms with Crippen LogP contribution in [0.2, 0.25) is 0 Å². The number of hydrogen-bond donors (Lipinski definition) is 1. The molecule has 1 fully saturated rings. The summed E-state index contributed by atoms with van der Waals surface area (Å²) >= 11 is 4.49. The lowest BCUT2D eigenvalue weighted by Gasteiger charge is -2.30. The molecule has 3 aromatic rings. The highest BCUT2D eigenvalue weighted by molar-refractivity contribution is 9.11. The molecule has 1 aliphatic rings. The van der Waals surface area contributed by atoms with Gasteiger partial charge < -0.3 is 5.32 Å². The number of sulfonamides is 1. The minimum Gasteiger partial charge on any atom is -0.349 e. The van der Waals surface area contributed by atoms with Gasteiger partial charge in [0.15, 0.2) is 11.5 Å². The van der Waals surface area contributed by atoms with Gasteiger partial charge in [-0.3, -0.25) is 9.20 Å². The predicted octanol–water partition coefficient (Wildman–Crippen LogP) is 2.27. The first-order valence-corrected chi connectivity index (χ1v) is 11.8. The number of thiophene rings is 1. The van der Waals surface area contributed by atoms with Gasteiger partial charge in [0.05, 0.1) is 10.3 Å². The van der Waals surface area contributed by atoms with E-state index in [9.17, 15) is 13.2 Å². The highest BCUT2D eigenvalue weighted by Crippen LogP contribution is 2.30. The van der Waals surface area contributed by atoms with E-state index in [0.717, 1.165) is 9.43 Å². The van der Waals surface area contributed by atoms with E-state index >= 15 is 0 Å². The highest BCUT2D eigenvalue weighted by atomic mass is 79.9. The van der Waals surface area contributed by atoms with Crippen molar-refractivity contribution >= 4 is 48.8 Å². The molecule has 3 aromatic heterocycles. The zero-order valence-corrected chi connectivity index (χ0v) is 18.0. The average molecular weight is 484 g/mol. The fourth-order valence-electron chi connectivity index (χ4n) is 3.24. The molecule has 1 amide bonds. The molecular weight excluding hydrogens is 466 g/mol. The van der Waals surface area contributed by atoms with Crippen molar-refractivity contribution in [1.82, 2.24) is 24.2 Å². The van der Waals surface area contributed by atoms with Crippen LogP contribution in [0.3, 0.4) is 0 Å². The Hall–Kier alpha value is -1.82. The van der Waals surface area contributed by atoms with E-state index in [-0.39, 0.29) is 18.4 Å². The summed E-state index contributed by atoms with van der Waals surface area (Å²) in [6, 6.07) is 8.94. The van der Waals surface area contributed by atoms with Crippen molar-refractivity contribution in [3.05, 3.63) is 46.1 Å². The maximum atomic E-state index is 12.7. The van der Waals surface area contributed by atoms with Gasteiger partial charge in [-0.05, 0) is 53.0 Å². The van der Waals surface area contributed by atoms with Gasteiger partial charge >= 0.3 is 0 Å². The van der Waals surface area contributed by atoms with Crippen LogP contribution in [0.15, 0.2) is 44.5 Å². The summed E-state index contributed by atoms with van der Waals surface area (Å²) in [5.41, 5.74) is 0.727. The maximum absolute atomic E-state index is 12.7. The summed E-state index contributed by atoms with van der Waals surface area (Å²) in [6.07, 6.45) is 2.85. The Bertz CT molecular complexity index is 1100. The third-order valence-electron chi connectivity index (χ3n) is 4.77. The number of rotatable bonds is 5. The quantitative estimate of drug-likeness (QED) is 0.600. The van der Waals surface area contributed by atoms with Gasteiger partial charge in [0.25, 0.3) is 10.0 Å². The van der Waals surface area contributed by atoms with Gasteiger partial charge in [0, 0.05) is 25.2 Å². The third-order valence-corrected chi connectivity index (χ3v) is 8.76. The minimum absolute atomic E-state index is 0.0800. The number of halogens is 1. The van der Waals surface area contributed by atoms with Gasteiger partial charge in [0.2, 0.25) is 5.91 Å². The zero-order chi connectivity index (χ0) is 19.7. The standard InChI is InChI=1S/C17H18BrN5O3S2/c18-13-4-5-16(27-13)28(25,26)22-9-6-12(7-10-22)17(24)19-11-15-21-20-14-3-1-2-8-23(14)15/h1-5,8,12H,6-7,9-11H2,(H,19,24). The second kappa shape index (κ2) is 7.90. The Morgan fingerprint density at radius 2 is 2.00 bits per heavy atom. The van der Waals surface area contributed by atoms with Crippen LogP contribution >= 0.6 is 27.3 Å². The van der Waals surface area contributed by atoms with Crippen LogP contribution in [-0.2, 0) is 21.4 Å². The maximum Gasteiger partial charge on any atom is 0.252 e. The molecule has 0 atom stereocenters. The van der Waals surface area contributed by atoms with E-state index in [0.29, 0.717) is 36.0 Å². The van der Waals surface area contributed by atoms with Crippen LogP contribution in [0, 0.1) is 5.92 Å². The van der Waals surface area contributed by atoms with E-state index in [4.69, 9.17) is 0 Å². The number of hydrogen-bond acceptors (Lipinski definition) is 6. The summed E-state index contributed by atoms with van der Waals surface area (Å²) in [6.45, 7) is 0.958. The molecule has 0 unspecified atom stereocenters. The lowest BCUT2D eigenvalue weighted by atomic mass is 9.97. The Morgan fingerprint density at radius 1 is 1.21 bits per heavy atom. The van der Waals surface area contributed by atoms with Crippen molar-refractivity contribution in [3.8, 4) is 0 Å². The van der Waals surface area contributed by atoms with Gasteiger partial charge in [-0.25, -0.2) is 8.42 Å². The molecule has 28 heavy (non-hydrogen) atoms. The number of carbonyl (C=O) groups excluding carboxylic acids is 1. The third kappa shape index (κ3) is 3.84. The summed E-state index contributed by atoms with van der Waals surface area (Å²) in [4.78, 5) is 12.5. The fourth-order valence-corrected chi connectivity index (χ4v) is 6.88. The molecule has 0 saturated carbocycles. The topological polar surface area (TPSA) is 96.7 Å². The monoisotopic (exact) mass is 483 g/mol. The first kappa shape index (κ1) is 19.5. The van der Waals surface area contributed by atoms with Crippen LogP contribution in [0.1, 0.15) is 18.7 Å². The number of aromatic nitrogens is 3. The van der Waals surface area contributed by atoms with E-state index < -0.39 is 10.0 Å². The lowest BCUT2D eigenvalue weighted by molar-refractivity contribution is -0.126. The minimum atomic E-state index is -3.49. The van der Waals surface area contributed by atoms with Crippen molar-refractivity contribution in [2.45, 2.75) is 23.6 Å². The molecule has 11 heteroatoms. The number of carbonyl (C=O) groups is 1. The van der Waals surface area contributed by atoms with E-state index in [1.54, 1.807) is 12.1 Å². The van der Waals surface area contributed by atoms with E-state index in [2.05, 4.69) is 31.4 Å². The van der Waals surface area contributed by atoms with Crippen LogP contribution in [0.25, 0.3) is 5.65 Å². The number of nitrogens with one attached hydrogen (secondary N) is 1. The van der Waals surface area contributed by atoms with Crippen LogP contribution in [-0.4, -0.2) is 46.3 Å². The first-order valence-electron chi connectivity index (χ1n) is 8.77. The van der Waals surface area contributed by atoms with E-state index in [1.165, 1.54) is 15.6 Å². The smallest absolute Gasteiger partial charge is 0.252 e. The fraction of sp³-hybridized carbons (Fsp3) is 0.353. The largest absolute Gasteiger partial charge is 0.349 e. The lowest BCUT2D eigenvalue weighted by Crippen LogP contribution is -2.42. The molecule has 148 valence electrons. The molecule has 1 saturated heterocycles. The molecule has 0 aromatic carbocycles. The number of amides is 1. The van der Waals surface area contributed by atoms with E-state index in [1.807, 2.05) is 28.8 Å². The highest BCUT2D eigenvalue weighted by Gasteiger charge is 2.32. The summed E-state index contributed by atoms with van der Waals surface area (Å²) in [5, 5.41) is 11.1. The average Bonchev–Trinajstić information content (AvgIpc) is 3.33. The second-order valence-electron chi connectivity index (χ2n) is 6.50. The number of pyridine rings is 1. The van der Waals surface area contributed by atoms with Crippen molar-refractivity contribution in [2.75, 3.05) is 13.1 Å². The SMILES string of the molecule is O=C(NCc1nnc2ccccn12)C1CCN(S(=O)(=O)c2ccc(Br)s2)CC1. The molecule has 0 spiro atoms. The molecule has 1 N–H and O–H groups in total. The van der Waals surface area contributed by atoms with Crippen molar-refractivity contribution in [3.63, 3.8) is 0 Å². The Kier molecular flexibility index (Phi) is 5.50. The number of fused-ring (bicyclic) bond motifs is 1. The zero-order valence-electron chi connectivity index (χ0n) is 14.8. The van der Waals surface area contributed by atoms with Gasteiger partial charge in [-0.15, -0.1) is 21.5 Å². The molecule has 8 nitrogen and oxygen atoms in total. The normalized spacial score (nSPS) is 16.5. The molecule has 4 heterocycles. The van der Waals surface area contributed by atoms with Crippen LogP contribution < -0.4 is 5.32 Å². The molecule has 0 bridgehead atoms. The van der Waals surface area contributed by atoms with Crippen molar-refractivity contribution in [2.24, 2.45) is 5.92 Å². The number of nitrogens with zero attached hydrogens (tertiary/aromatic N) is 4. The Labute approximate surface area is 174 Å². The van der Waals surface area contributed by atoms with Crippen LogP contribution in [0.4, 0.5) is 0 Å². The number of piperidine rings is 1. The molecule has 4 rings (SSSR count).